The number of hydrogen-bond acceptors (Lipinski definition) is 8. The topological polar surface area (TPSA) is 119 Å². The van der Waals surface area contributed by atoms with E-state index < -0.39 is 53.2 Å². The molecule has 0 bridgehead atoms. The molecule has 12 heteroatoms. The Morgan fingerprint density at radius 1 is 1.17 bits per heavy atom. The number of hydrogen-bond donors (Lipinski definition) is 5. The van der Waals surface area contributed by atoms with Gasteiger partial charge in [-0.2, -0.15) is 13.2 Å². The first-order chi connectivity index (χ1) is 14.0. The fraction of sp³-hybridized carbons (Fsp3) is 0.611. The van der Waals surface area contributed by atoms with Gasteiger partial charge in [0.05, 0.1) is 12.6 Å². The third-order valence-corrected chi connectivity index (χ3v) is 6.75. The number of ether oxygens (including phenoxy) is 1. The zero-order valence-corrected chi connectivity index (χ0v) is 17.7. The van der Waals surface area contributed by atoms with E-state index in [1.165, 1.54) is 0 Å². The predicted molar refractivity (Wildman–Crippen MR) is 106 cm³/mol. The second-order valence-corrected chi connectivity index (χ2v) is 9.19. The van der Waals surface area contributed by atoms with Crippen molar-refractivity contribution in [3.05, 3.63) is 29.8 Å². The van der Waals surface area contributed by atoms with Gasteiger partial charge in [0.2, 0.25) is 0 Å². The van der Waals surface area contributed by atoms with E-state index in [4.69, 9.17) is 9.84 Å². The van der Waals surface area contributed by atoms with Gasteiger partial charge in [0.1, 0.15) is 29.9 Å². The Labute approximate surface area is 180 Å². The molecule has 1 amide bonds. The van der Waals surface area contributed by atoms with Crippen molar-refractivity contribution in [3.63, 3.8) is 0 Å². The Balaban J connectivity index is 2.29. The van der Waals surface area contributed by atoms with Crippen molar-refractivity contribution in [3.8, 4) is 0 Å². The van der Waals surface area contributed by atoms with Crippen LogP contribution in [0.5, 0.6) is 0 Å². The molecule has 1 aromatic carbocycles. The van der Waals surface area contributed by atoms with E-state index in [2.05, 4.69) is 0 Å². The van der Waals surface area contributed by atoms with E-state index in [0.717, 1.165) is 23.5 Å². The number of benzene rings is 1. The van der Waals surface area contributed by atoms with E-state index in [1.807, 2.05) is 5.32 Å². The van der Waals surface area contributed by atoms with Crippen LogP contribution in [-0.4, -0.2) is 79.9 Å². The smallest absolute Gasteiger partial charge is 0.392 e. The van der Waals surface area contributed by atoms with Crippen molar-refractivity contribution in [2.24, 2.45) is 0 Å². The van der Waals surface area contributed by atoms with Gasteiger partial charge in [-0.15, -0.1) is 23.5 Å². The Hall–Kier alpha value is -1.02. The minimum atomic E-state index is -5.15. The van der Waals surface area contributed by atoms with Crippen molar-refractivity contribution >= 4 is 29.4 Å². The molecule has 5 N–H and O–H groups in total. The SMILES string of the molecule is CSC1OC([C@H](NC(=O)C(F)(F)F)[C@H](C)Sc2ccc(CO)cc2)C(O)C(O)C1O. The molecule has 0 aliphatic carbocycles. The van der Waals surface area contributed by atoms with Gasteiger partial charge in [0.15, 0.2) is 0 Å². The summed E-state index contributed by atoms with van der Waals surface area (Å²) >= 11 is 2.14. The minimum Gasteiger partial charge on any atom is -0.392 e. The summed E-state index contributed by atoms with van der Waals surface area (Å²) in [7, 11) is 0. The summed E-state index contributed by atoms with van der Waals surface area (Å²) in [5.74, 6) is -2.20. The van der Waals surface area contributed by atoms with E-state index in [9.17, 15) is 33.3 Å². The molecule has 0 radical (unpaired) electrons. The van der Waals surface area contributed by atoms with Crippen LogP contribution >= 0.6 is 23.5 Å². The van der Waals surface area contributed by atoms with Crippen LogP contribution < -0.4 is 5.32 Å². The predicted octanol–water partition coefficient (Wildman–Crippen LogP) is 0.877. The number of carbonyl (C=O) groups excluding carboxylic acids is 1. The van der Waals surface area contributed by atoms with Gasteiger partial charge in [-0.1, -0.05) is 19.1 Å². The highest BCUT2D eigenvalue weighted by Crippen LogP contribution is 2.34. The number of aliphatic hydroxyl groups is 4. The zero-order chi connectivity index (χ0) is 22.6. The number of nitrogens with one attached hydrogen (secondary N) is 1. The minimum absolute atomic E-state index is 0.164. The van der Waals surface area contributed by atoms with Crippen LogP contribution in [0.4, 0.5) is 13.2 Å². The normalized spacial score (nSPS) is 29.3. The highest BCUT2D eigenvalue weighted by atomic mass is 32.2. The molecule has 1 heterocycles. The average Bonchev–Trinajstić information content (AvgIpc) is 2.70. The Kier molecular flexibility index (Phi) is 8.86. The first-order valence-corrected chi connectivity index (χ1v) is 11.1. The second-order valence-electron chi connectivity index (χ2n) is 6.80. The fourth-order valence-electron chi connectivity index (χ4n) is 3.03. The molecule has 7 atom stereocenters. The molecule has 30 heavy (non-hydrogen) atoms. The maximum atomic E-state index is 12.9. The largest absolute Gasteiger partial charge is 0.471 e. The lowest BCUT2D eigenvalue weighted by Crippen LogP contribution is -2.65. The maximum Gasteiger partial charge on any atom is 0.471 e. The summed E-state index contributed by atoms with van der Waals surface area (Å²) in [4.78, 5) is 12.3. The lowest BCUT2D eigenvalue weighted by atomic mass is 9.93. The van der Waals surface area contributed by atoms with Gasteiger partial charge < -0.3 is 30.5 Å². The third kappa shape index (κ3) is 6.02. The van der Waals surface area contributed by atoms with Crippen LogP contribution in [0.25, 0.3) is 0 Å². The third-order valence-electron chi connectivity index (χ3n) is 4.68. The summed E-state index contributed by atoms with van der Waals surface area (Å²) < 4.78 is 44.2. The quantitative estimate of drug-likeness (QED) is 0.372. The number of thioether (sulfide) groups is 2. The monoisotopic (exact) mass is 471 g/mol. The van der Waals surface area contributed by atoms with Crippen molar-refractivity contribution in [2.75, 3.05) is 6.26 Å². The van der Waals surface area contributed by atoms with Crippen LogP contribution in [0.1, 0.15) is 12.5 Å². The van der Waals surface area contributed by atoms with Gasteiger partial charge in [0.25, 0.3) is 0 Å². The molecule has 1 fully saturated rings. The van der Waals surface area contributed by atoms with Crippen LogP contribution in [0.2, 0.25) is 0 Å². The van der Waals surface area contributed by atoms with E-state index in [1.54, 1.807) is 37.4 Å². The molecule has 1 aliphatic rings. The van der Waals surface area contributed by atoms with Crippen LogP contribution in [0, 0.1) is 0 Å². The van der Waals surface area contributed by atoms with E-state index >= 15 is 0 Å². The van der Waals surface area contributed by atoms with Crippen LogP contribution in [0.15, 0.2) is 29.2 Å². The van der Waals surface area contributed by atoms with Gasteiger partial charge in [-0.25, -0.2) is 0 Å². The highest BCUT2D eigenvalue weighted by Gasteiger charge is 2.50. The van der Waals surface area contributed by atoms with Gasteiger partial charge in [0, 0.05) is 10.1 Å². The second kappa shape index (κ2) is 10.5. The lowest BCUT2D eigenvalue weighted by Gasteiger charge is -2.44. The average molecular weight is 472 g/mol. The van der Waals surface area contributed by atoms with Gasteiger partial charge in [-0.05, 0) is 24.0 Å². The molecular weight excluding hydrogens is 447 g/mol. The van der Waals surface area contributed by atoms with Crippen LogP contribution in [0.3, 0.4) is 0 Å². The first kappa shape index (κ1) is 25.2. The standard InChI is InChI=1S/C18H24F3NO6S2/c1-8(30-10-5-3-9(7-23)4-6-10)11(22-17(27)18(19,20)21)15-13(25)12(24)14(26)16(28-15)29-2/h3-6,8,11-16,23-26H,7H2,1-2H3,(H,22,27)/t8-,11+,12?,13?,14?,15?,16?/m0/s1. The molecular formula is C18H24F3NO6S2. The molecule has 2 rings (SSSR count). The number of alkyl halides is 3. The number of halogens is 3. The fourth-order valence-corrected chi connectivity index (χ4v) is 4.80. The zero-order valence-electron chi connectivity index (χ0n) is 16.1. The molecule has 1 aromatic rings. The molecule has 1 aliphatic heterocycles. The lowest BCUT2D eigenvalue weighted by molar-refractivity contribution is -0.207. The van der Waals surface area contributed by atoms with Crippen molar-refractivity contribution in [1.82, 2.24) is 5.32 Å². The molecule has 1 saturated heterocycles. The summed E-state index contributed by atoms with van der Waals surface area (Å²) in [5, 5.41) is 40.8. The molecule has 0 saturated carbocycles. The molecule has 7 nitrogen and oxygen atoms in total. The number of amides is 1. The summed E-state index contributed by atoms with van der Waals surface area (Å²) in [6, 6.07) is 5.28. The highest BCUT2D eigenvalue weighted by molar-refractivity contribution is 8.00. The van der Waals surface area contributed by atoms with Crippen LogP contribution in [-0.2, 0) is 16.1 Å². The molecule has 0 aromatic heterocycles. The van der Waals surface area contributed by atoms with E-state index in [0.29, 0.717) is 10.5 Å². The summed E-state index contributed by atoms with van der Waals surface area (Å²) in [5.41, 5.74) is -0.348. The Morgan fingerprint density at radius 3 is 2.27 bits per heavy atom. The Morgan fingerprint density at radius 2 is 1.77 bits per heavy atom. The number of rotatable bonds is 7. The van der Waals surface area contributed by atoms with Gasteiger partial charge in [-0.3, -0.25) is 4.79 Å². The number of aliphatic hydroxyl groups excluding tert-OH is 4. The molecule has 170 valence electrons. The van der Waals surface area contributed by atoms with E-state index in [-0.39, 0.29) is 6.61 Å². The maximum absolute atomic E-state index is 12.9. The van der Waals surface area contributed by atoms with Crippen molar-refractivity contribution < 1.29 is 43.1 Å². The first-order valence-electron chi connectivity index (χ1n) is 8.96. The summed E-state index contributed by atoms with van der Waals surface area (Å²) in [6.07, 6.45) is -9.80. The van der Waals surface area contributed by atoms with Crippen molar-refractivity contribution in [1.29, 1.82) is 0 Å². The molecule has 5 unspecified atom stereocenters. The van der Waals surface area contributed by atoms with Gasteiger partial charge >= 0.3 is 12.1 Å². The van der Waals surface area contributed by atoms with Crippen molar-refractivity contribution in [2.45, 2.75) is 65.7 Å². The summed E-state index contributed by atoms with van der Waals surface area (Å²) in [6.45, 7) is 1.39. The number of carbonyl (C=O) groups is 1. The Bertz CT molecular complexity index is 706. The molecule has 0 spiro atoms.